The van der Waals surface area contributed by atoms with Gasteiger partial charge in [0.2, 0.25) is 5.91 Å². The van der Waals surface area contributed by atoms with Crippen molar-refractivity contribution in [2.75, 3.05) is 11.9 Å². The molecule has 3 nitrogen and oxygen atoms in total. The van der Waals surface area contributed by atoms with E-state index in [1.54, 1.807) is 18.9 Å². The van der Waals surface area contributed by atoms with Crippen LogP contribution in [-0.2, 0) is 10.2 Å². The molecule has 0 fully saturated rings. The van der Waals surface area contributed by atoms with Gasteiger partial charge >= 0.3 is 0 Å². The molecular weight excluding hydrogens is 248 g/mol. The van der Waals surface area contributed by atoms with Crippen molar-refractivity contribution in [3.8, 4) is 0 Å². The first-order chi connectivity index (χ1) is 7.73. The van der Waals surface area contributed by atoms with Gasteiger partial charge in [0.15, 0.2) is 0 Å². The fraction of sp³-hybridized carbons (Fsp3) is 0.500. The Morgan fingerprint density at radius 3 is 2.00 bits per heavy atom. The summed E-state index contributed by atoms with van der Waals surface area (Å²) in [5.74, 6) is -0.0755. The molecule has 102 valence electrons. The zero-order valence-electron chi connectivity index (χ0n) is 11.7. The number of carbonyl (C=O) groups is 1. The molecule has 1 rings (SSSR count). The Hall–Kier alpha value is -1.06. The molecule has 0 saturated heterocycles. The maximum atomic E-state index is 11.7. The lowest BCUT2D eigenvalue weighted by molar-refractivity contribution is -0.119. The van der Waals surface area contributed by atoms with Crippen molar-refractivity contribution in [2.24, 2.45) is 5.73 Å². The highest BCUT2D eigenvalue weighted by atomic mass is 35.5. The van der Waals surface area contributed by atoms with Gasteiger partial charge < -0.3 is 10.6 Å². The highest BCUT2D eigenvalue weighted by Gasteiger charge is 2.17. The molecule has 1 amide bonds. The smallest absolute Gasteiger partial charge is 0.243 e. The van der Waals surface area contributed by atoms with Crippen LogP contribution in [0, 0.1) is 0 Å². The van der Waals surface area contributed by atoms with Crippen molar-refractivity contribution in [3.05, 3.63) is 29.8 Å². The lowest BCUT2D eigenvalue weighted by atomic mass is 9.87. The zero-order valence-corrected chi connectivity index (χ0v) is 12.5. The lowest BCUT2D eigenvalue weighted by Gasteiger charge is -2.22. The minimum Gasteiger partial charge on any atom is -0.320 e. The molecule has 2 N–H and O–H groups in total. The van der Waals surface area contributed by atoms with Crippen molar-refractivity contribution in [3.63, 3.8) is 0 Å². The van der Waals surface area contributed by atoms with Crippen LogP contribution in [0.4, 0.5) is 5.69 Å². The number of anilines is 1. The molecule has 0 unspecified atom stereocenters. The van der Waals surface area contributed by atoms with E-state index in [9.17, 15) is 4.79 Å². The first-order valence-electron chi connectivity index (χ1n) is 5.87. The summed E-state index contributed by atoms with van der Waals surface area (Å²) in [5, 5.41) is 0. The van der Waals surface area contributed by atoms with Crippen molar-refractivity contribution in [2.45, 2.75) is 39.2 Å². The maximum absolute atomic E-state index is 11.7. The standard InChI is InChI=1S/C14H22N2O.ClH/c1-10(15)13(17)16(5)12-8-6-11(7-9-12)14(2,3)4;/h6-10H,15H2,1-5H3;1H/t10-;/m0./s1. The van der Waals surface area contributed by atoms with Crippen molar-refractivity contribution >= 4 is 24.0 Å². The predicted octanol–water partition coefficient (Wildman–Crippen LogP) is 2.72. The summed E-state index contributed by atoms with van der Waals surface area (Å²) in [7, 11) is 1.75. The summed E-state index contributed by atoms with van der Waals surface area (Å²) in [5.41, 5.74) is 7.84. The van der Waals surface area contributed by atoms with E-state index in [2.05, 4.69) is 32.9 Å². The van der Waals surface area contributed by atoms with E-state index in [0.29, 0.717) is 0 Å². The van der Waals surface area contributed by atoms with Gasteiger partial charge in [0.1, 0.15) is 0 Å². The first kappa shape index (κ1) is 16.9. The van der Waals surface area contributed by atoms with Crippen LogP contribution in [0.1, 0.15) is 33.3 Å². The van der Waals surface area contributed by atoms with Crippen LogP contribution in [0.25, 0.3) is 0 Å². The Kier molecular flexibility index (Phi) is 5.84. The molecule has 1 aromatic rings. The van der Waals surface area contributed by atoms with E-state index in [-0.39, 0.29) is 23.7 Å². The molecule has 0 saturated carbocycles. The zero-order chi connectivity index (χ0) is 13.2. The minimum atomic E-state index is -0.470. The van der Waals surface area contributed by atoms with Gasteiger partial charge in [-0.05, 0) is 30.0 Å². The Morgan fingerprint density at radius 2 is 1.67 bits per heavy atom. The number of likely N-dealkylation sites (N-methyl/N-ethyl adjacent to an activating group) is 1. The lowest BCUT2D eigenvalue weighted by Crippen LogP contribution is -2.39. The summed E-state index contributed by atoms with van der Waals surface area (Å²) >= 11 is 0. The van der Waals surface area contributed by atoms with E-state index >= 15 is 0 Å². The second kappa shape index (κ2) is 6.21. The predicted molar refractivity (Wildman–Crippen MR) is 79.4 cm³/mol. The number of halogens is 1. The quantitative estimate of drug-likeness (QED) is 0.898. The highest BCUT2D eigenvalue weighted by Crippen LogP contribution is 2.24. The molecular formula is C14H23ClN2O. The molecule has 1 aromatic carbocycles. The van der Waals surface area contributed by atoms with Gasteiger partial charge in [0.25, 0.3) is 0 Å². The van der Waals surface area contributed by atoms with Crippen molar-refractivity contribution < 1.29 is 4.79 Å². The van der Waals surface area contributed by atoms with Gasteiger partial charge in [0.05, 0.1) is 6.04 Å². The van der Waals surface area contributed by atoms with E-state index in [0.717, 1.165) is 5.69 Å². The average Bonchev–Trinajstić information content (AvgIpc) is 2.26. The molecule has 0 spiro atoms. The fourth-order valence-corrected chi connectivity index (χ4v) is 1.62. The van der Waals surface area contributed by atoms with Crippen molar-refractivity contribution in [1.29, 1.82) is 0 Å². The molecule has 0 aliphatic heterocycles. The Labute approximate surface area is 116 Å². The average molecular weight is 271 g/mol. The highest BCUT2D eigenvalue weighted by molar-refractivity contribution is 5.96. The first-order valence-corrected chi connectivity index (χ1v) is 5.87. The molecule has 0 aromatic heterocycles. The fourth-order valence-electron chi connectivity index (χ4n) is 1.62. The minimum absolute atomic E-state index is 0. The molecule has 0 aliphatic rings. The molecule has 0 heterocycles. The van der Waals surface area contributed by atoms with Gasteiger partial charge in [0, 0.05) is 12.7 Å². The Bertz CT molecular complexity index is 393. The summed E-state index contributed by atoms with van der Waals surface area (Å²) in [4.78, 5) is 13.3. The number of amides is 1. The van der Waals surface area contributed by atoms with Gasteiger partial charge in [-0.15, -0.1) is 12.4 Å². The van der Waals surface area contributed by atoms with E-state index in [1.807, 2.05) is 12.1 Å². The number of benzene rings is 1. The number of nitrogens with two attached hydrogens (primary N) is 1. The molecule has 4 heteroatoms. The largest absolute Gasteiger partial charge is 0.320 e. The molecule has 0 radical (unpaired) electrons. The van der Waals surface area contributed by atoms with Crippen LogP contribution in [0.3, 0.4) is 0 Å². The van der Waals surface area contributed by atoms with Crippen LogP contribution in [0.5, 0.6) is 0 Å². The topological polar surface area (TPSA) is 46.3 Å². The normalized spacial score (nSPS) is 12.6. The van der Waals surface area contributed by atoms with Crippen LogP contribution in [0.2, 0.25) is 0 Å². The number of nitrogens with zero attached hydrogens (tertiary/aromatic N) is 1. The van der Waals surface area contributed by atoms with E-state index in [1.165, 1.54) is 5.56 Å². The molecule has 18 heavy (non-hydrogen) atoms. The van der Waals surface area contributed by atoms with E-state index in [4.69, 9.17) is 5.73 Å². The Balaban J connectivity index is 0.00000289. The molecule has 0 bridgehead atoms. The van der Waals surface area contributed by atoms with Crippen molar-refractivity contribution in [1.82, 2.24) is 0 Å². The maximum Gasteiger partial charge on any atom is 0.243 e. The molecule has 1 atom stereocenters. The van der Waals surface area contributed by atoms with Gasteiger partial charge in [-0.3, -0.25) is 4.79 Å². The third kappa shape index (κ3) is 4.00. The van der Waals surface area contributed by atoms with Gasteiger partial charge in [-0.25, -0.2) is 0 Å². The SMILES string of the molecule is C[C@H](N)C(=O)N(C)c1ccc(C(C)(C)C)cc1.Cl. The third-order valence-electron chi connectivity index (χ3n) is 2.84. The van der Waals surface area contributed by atoms with Crippen LogP contribution in [-0.4, -0.2) is 19.0 Å². The monoisotopic (exact) mass is 270 g/mol. The second-order valence-electron chi connectivity index (χ2n) is 5.48. The summed E-state index contributed by atoms with van der Waals surface area (Å²) in [6.07, 6.45) is 0. The Morgan fingerprint density at radius 1 is 1.22 bits per heavy atom. The summed E-state index contributed by atoms with van der Waals surface area (Å²) < 4.78 is 0. The van der Waals surface area contributed by atoms with Crippen LogP contribution in [0.15, 0.2) is 24.3 Å². The summed E-state index contributed by atoms with van der Waals surface area (Å²) in [6.45, 7) is 8.19. The van der Waals surface area contributed by atoms with E-state index < -0.39 is 6.04 Å². The number of hydrogen-bond donors (Lipinski definition) is 1. The van der Waals surface area contributed by atoms with Crippen LogP contribution >= 0.6 is 12.4 Å². The van der Waals surface area contributed by atoms with Gasteiger partial charge in [-0.1, -0.05) is 32.9 Å². The number of rotatable bonds is 2. The molecule has 0 aliphatic carbocycles. The number of carbonyl (C=O) groups excluding carboxylic acids is 1. The summed E-state index contributed by atoms with van der Waals surface area (Å²) in [6, 6.07) is 7.56. The van der Waals surface area contributed by atoms with Gasteiger partial charge in [-0.2, -0.15) is 0 Å². The number of hydrogen-bond acceptors (Lipinski definition) is 2. The van der Waals surface area contributed by atoms with Crippen LogP contribution < -0.4 is 10.6 Å². The second-order valence-corrected chi connectivity index (χ2v) is 5.48. The third-order valence-corrected chi connectivity index (χ3v) is 2.84.